The molecule has 0 saturated carbocycles. The van der Waals surface area contributed by atoms with Crippen molar-refractivity contribution in [2.24, 2.45) is 0 Å². The molecule has 2 N–H and O–H groups in total. The highest BCUT2D eigenvalue weighted by Crippen LogP contribution is 2.05. The van der Waals surface area contributed by atoms with Crippen LogP contribution in [0.5, 0.6) is 0 Å². The van der Waals surface area contributed by atoms with Crippen LogP contribution in [0.25, 0.3) is 0 Å². The molecular weight excluding hydrogens is 206 g/mol. The van der Waals surface area contributed by atoms with Gasteiger partial charge in [0.05, 0.1) is 21.1 Å². The number of nitrogens with zero attached hydrogens (tertiary/aromatic N) is 1. The van der Waals surface area contributed by atoms with E-state index in [0.29, 0.717) is 16.6 Å². The number of hydrogen-bond acceptors (Lipinski definition) is 3. The Kier molecular flexibility index (Phi) is 5.30. The van der Waals surface area contributed by atoms with Crippen LogP contribution in [0, 0.1) is 0 Å². The quantitative estimate of drug-likeness (QED) is 0.607. The number of aliphatic hydroxyl groups excluding tert-OH is 1. The first kappa shape index (κ1) is 14.8. The Morgan fingerprint density at radius 2 is 1.75 bits per heavy atom. The summed E-state index contributed by atoms with van der Waals surface area (Å²) in [5, 5.41) is 9.74. The summed E-state index contributed by atoms with van der Waals surface area (Å²) >= 11 is 0. The van der Waals surface area contributed by atoms with E-state index in [-0.39, 0.29) is 11.3 Å². The normalized spacial score (nSPS) is 12.8. The van der Waals surface area contributed by atoms with Crippen molar-refractivity contribution in [1.82, 2.24) is 0 Å². The minimum atomic E-state index is -0.924. The van der Waals surface area contributed by atoms with Gasteiger partial charge in [0, 0.05) is 5.56 Å². The standard InChI is InChI=1S/C12H18NO2.H2O/c1-13(2,3)9-11(14)12(15)10-7-5-4-6-8-10;/h4-8,11,14H,9H2,1-3H3;1H2/q+1;/p-1. The van der Waals surface area contributed by atoms with Gasteiger partial charge in [-0.3, -0.25) is 4.79 Å². The van der Waals surface area contributed by atoms with Crippen molar-refractivity contribution in [2.45, 2.75) is 6.10 Å². The van der Waals surface area contributed by atoms with Gasteiger partial charge in [-0.1, -0.05) is 30.3 Å². The van der Waals surface area contributed by atoms with Crippen molar-refractivity contribution < 1.29 is 19.9 Å². The Bertz CT molecular complexity index is 330. The fourth-order valence-electron chi connectivity index (χ4n) is 1.40. The maximum absolute atomic E-state index is 11.8. The van der Waals surface area contributed by atoms with Crippen LogP contribution in [0.15, 0.2) is 30.3 Å². The Balaban J connectivity index is 0.00000225. The molecule has 1 unspecified atom stereocenters. The molecule has 0 bridgehead atoms. The molecule has 0 radical (unpaired) electrons. The van der Waals surface area contributed by atoms with Gasteiger partial charge in [-0.2, -0.15) is 0 Å². The lowest BCUT2D eigenvalue weighted by molar-refractivity contribution is -0.872. The summed E-state index contributed by atoms with van der Waals surface area (Å²) in [7, 11) is 5.84. The number of carbonyl (C=O) groups is 1. The van der Waals surface area contributed by atoms with Crippen molar-refractivity contribution in [2.75, 3.05) is 27.7 Å². The third-order valence-electron chi connectivity index (χ3n) is 2.08. The third kappa shape index (κ3) is 4.53. The number of aliphatic hydroxyl groups is 1. The molecule has 0 aliphatic heterocycles. The molecule has 0 fully saturated rings. The molecule has 4 nitrogen and oxygen atoms in total. The number of likely N-dealkylation sites (N-methyl/N-ethyl adjacent to an activating group) is 1. The second-order valence-corrected chi connectivity index (χ2v) is 4.72. The van der Waals surface area contributed by atoms with Crippen LogP contribution < -0.4 is 0 Å². The van der Waals surface area contributed by atoms with Crippen LogP contribution in [-0.2, 0) is 0 Å². The van der Waals surface area contributed by atoms with Crippen molar-refractivity contribution >= 4 is 5.78 Å². The molecule has 0 aliphatic rings. The summed E-state index contributed by atoms with van der Waals surface area (Å²) in [6, 6.07) is 8.89. The van der Waals surface area contributed by atoms with Gasteiger partial charge in [-0.15, -0.1) is 0 Å². The minimum Gasteiger partial charge on any atom is -0.870 e. The lowest BCUT2D eigenvalue weighted by Crippen LogP contribution is -2.44. The summed E-state index contributed by atoms with van der Waals surface area (Å²) < 4.78 is 0.569. The lowest BCUT2D eigenvalue weighted by atomic mass is 10.1. The van der Waals surface area contributed by atoms with Gasteiger partial charge in [0.25, 0.3) is 0 Å². The highest BCUT2D eigenvalue weighted by molar-refractivity contribution is 5.99. The fraction of sp³-hybridized carbons (Fsp3) is 0.417. The van der Waals surface area contributed by atoms with Gasteiger partial charge in [-0.05, 0) is 0 Å². The number of benzene rings is 1. The van der Waals surface area contributed by atoms with Gasteiger partial charge in [0.15, 0.2) is 11.9 Å². The molecule has 0 spiro atoms. The van der Waals surface area contributed by atoms with E-state index >= 15 is 0 Å². The molecule has 4 heteroatoms. The van der Waals surface area contributed by atoms with Gasteiger partial charge >= 0.3 is 0 Å². The smallest absolute Gasteiger partial charge is 0.197 e. The van der Waals surface area contributed by atoms with E-state index < -0.39 is 6.10 Å². The molecule has 0 aliphatic carbocycles. The summed E-state index contributed by atoms with van der Waals surface area (Å²) in [5.74, 6) is -0.205. The zero-order chi connectivity index (χ0) is 11.5. The molecule has 90 valence electrons. The Labute approximate surface area is 96.0 Å². The first-order valence-corrected chi connectivity index (χ1v) is 4.98. The summed E-state index contributed by atoms with van der Waals surface area (Å²) in [6.07, 6.45) is -0.924. The number of ketones is 1. The lowest BCUT2D eigenvalue weighted by Gasteiger charge is -2.26. The molecule has 0 aromatic heterocycles. The maximum atomic E-state index is 11.8. The van der Waals surface area contributed by atoms with Crippen LogP contribution in [0.3, 0.4) is 0 Å². The first-order chi connectivity index (χ1) is 6.90. The van der Waals surface area contributed by atoms with Crippen molar-refractivity contribution in [3.63, 3.8) is 0 Å². The van der Waals surface area contributed by atoms with Crippen molar-refractivity contribution in [3.05, 3.63) is 35.9 Å². The zero-order valence-corrected chi connectivity index (χ0v) is 9.92. The average Bonchev–Trinajstić information content (AvgIpc) is 2.15. The molecule has 1 aromatic rings. The second-order valence-electron chi connectivity index (χ2n) is 4.72. The fourth-order valence-corrected chi connectivity index (χ4v) is 1.40. The summed E-state index contributed by atoms with van der Waals surface area (Å²) in [4.78, 5) is 11.8. The molecule has 16 heavy (non-hydrogen) atoms. The van der Waals surface area contributed by atoms with E-state index in [9.17, 15) is 9.90 Å². The minimum absolute atomic E-state index is 0. The van der Waals surface area contributed by atoms with Gasteiger partial charge < -0.3 is 15.1 Å². The molecule has 0 amide bonds. The van der Waals surface area contributed by atoms with Crippen LogP contribution in [-0.4, -0.2) is 54.6 Å². The Morgan fingerprint density at radius 3 is 2.19 bits per heavy atom. The van der Waals surface area contributed by atoms with Crippen LogP contribution >= 0.6 is 0 Å². The largest absolute Gasteiger partial charge is 0.870 e. The molecule has 0 heterocycles. The summed E-state index contributed by atoms with van der Waals surface area (Å²) in [5.41, 5.74) is 0.568. The average molecular weight is 225 g/mol. The Hall–Kier alpha value is -1.23. The topological polar surface area (TPSA) is 67.3 Å². The monoisotopic (exact) mass is 225 g/mol. The zero-order valence-electron chi connectivity index (χ0n) is 9.92. The SMILES string of the molecule is C[N+](C)(C)CC(O)C(=O)c1ccccc1.[OH-]. The van der Waals surface area contributed by atoms with Gasteiger partial charge in [-0.25, -0.2) is 0 Å². The van der Waals surface area contributed by atoms with E-state index in [1.54, 1.807) is 24.3 Å². The van der Waals surface area contributed by atoms with Crippen LogP contribution in [0.2, 0.25) is 0 Å². The number of carbonyl (C=O) groups excluding carboxylic acids is 1. The number of hydrogen-bond donors (Lipinski definition) is 1. The second kappa shape index (κ2) is 5.75. The maximum Gasteiger partial charge on any atom is 0.197 e. The molecule has 1 atom stereocenters. The molecule has 0 saturated heterocycles. The van der Waals surface area contributed by atoms with Gasteiger partial charge in [0.1, 0.15) is 6.54 Å². The molecule has 1 aromatic carbocycles. The summed E-state index contributed by atoms with van der Waals surface area (Å²) in [6.45, 7) is 0.424. The van der Waals surface area contributed by atoms with Crippen molar-refractivity contribution in [1.29, 1.82) is 0 Å². The van der Waals surface area contributed by atoms with Crippen LogP contribution in [0.4, 0.5) is 0 Å². The van der Waals surface area contributed by atoms with E-state index in [2.05, 4.69) is 0 Å². The number of rotatable bonds is 4. The third-order valence-corrected chi connectivity index (χ3v) is 2.08. The predicted octanol–water partition coefficient (Wildman–Crippen LogP) is 0.760. The van der Waals surface area contributed by atoms with E-state index in [1.807, 2.05) is 27.2 Å². The Morgan fingerprint density at radius 1 is 1.25 bits per heavy atom. The first-order valence-electron chi connectivity index (χ1n) is 4.98. The van der Waals surface area contributed by atoms with E-state index in [0.717, 1.165) is 0 Å². The number of Topliss-reactive ketones (excluding diaryl/α,β-unsaturated/α-hetero) is 1. The van der Waals surface area contributed by atoms with Crippen LogP contribution in [0.1, 0.15) is 10.4 Å². The van der Waals surface area contributed by atoms with Crippen molar-refractivity contribution in [3.8, 4) is 0 Å². The highest BCUT2D eigenvalue weighted by Gasteiger charge is 2.23. The molecule has 1 rings (SSSR count). The highest BCUT2D eigenvalue weighted by atomic mass is 16.3. The van der Waals surface area contributed by atoms with Gasteiger partial charge in [0.2, 0.25) is 0 Å². The predicted molar refractivity (Wildman–Crippen MR) is 61.6 cm³/mol. The van der Waals surface area contributed by atoms with E-state index in [4.69, 9.17) is 0 Å². The molecular formula is C12H19NO3. The van der Waals surface area contributed by atoms with E-state index in [1.165, 1.54) is 0 Å². The number of quaternary nitrogens is 1.